The molecule has 0 aliphatic heterocycles. The average molecular weight is 318 g/mol. The predicted molar refractivity (Wildman–Crippen MR) is 77.2 cm³/mol. The van der Waals surface area contributed by atoms with E-state index in [9.17, 15) is 9.59 Å². The van der Waals surface area contributed by atoms with Crippen molar-refractivity contribution in [2.45, 2.75) is 0 Å². The standard InChI is InChI=1S/C15H12BrNO2/c16-13-8-6-11(7-9-13)14(18)10-17-15(19)12-4-2-1-3-5-12/h1-9H,10H2,(H,17,19). The minimum Gasteiger partial charge on any atom is -0.345 e. The third kappa shape index (κ3) is 3.76. The van der Waals surface area contributed by atoms with E-state index in [0.717, 1.165) is 4.47 Å². The molecular formula is C15H12BrNO2. The van der Waals surface area contributed by atoms with Crippen LogP contribution in [0.3, 0.4) is 0 Å². The van der Waals surface area contributed by atoms with Crippen LogP contribution in [0.2, 0.25) is 0 Å². The van der Waals surface area contributed by atoms with E-state index in [-0.39, 0.29) is 18.2 Å². The van der Waals surface area contributed by atoms with Crippen molar-refractivity contribution in [3.63, 3.8) is 0 Å². The zero-order chi connectivity index (χ0) is 13.7. The maximum Gasteiger partial charge on any atom is 0.251 e. The third-order valence-corrected chi connectivity index (χ3v) is 3.14. The molecule has 0 unspecified atom stereocenters. The summed E-state index contributed by atoms with van der Waals surface area (Å²) in [4.78, 5) is 23.6. The van der Waals surface area contributed by atoms with E-state index in [2.05, 4.69) is 21.2 Å². The third-order valence-electron chi connectivity index (χ3n) is 2.61. The van der Waals surface area contributed by atoms with Gasteiger partial charge in [-0.15, -0.1) is 0 Å². The highest BCUT2D eigenvalue weighted by atomic mass is 79.9. The number of halogens is 1. The minimum atomic E-state index is -0.244. The van der Waals surface area contributed by atoms with Crippen molar-refractivity contribution < 1.29 is 9.59 Å². The predicted octanol–water partition coefficient (Wildman–Crippen LogP) is 3.06. The number of ketones is 1. The Bertz CT molecular complexity index is 579. The lowest BCUT2D eigenvalue weighted by molar-refractivity contribution is 0.0904. The van der Waals surface area contributed by atoms with Crippen LogP contribution >= 0.6 is 15.9 Å². The average Bonchev–Trinajstić information content (AvgIpc) is 2.46. The Morgan fingerprint density at radius 1 is 0.895 bits per heavy atom. The van der Waals surface area contributed by atoms with Gasteiger partial charge in [-0.3, -0.25) is 9.59 Å². The summed E-state index contributed by atoms with van der Waals surface area (Å²) >= 11 is 3.31. The molecule has 0 fully saturated rings. The van der Waals surface area contributed by atoms with E-state index in [1.165, 1.54) is 0 Å². The van der Waals surface area contributed by atoms with Crippen LogP contribution < -0.4 is 5.32 Å². The first-order valence-electron chi connectivity index (χ1n) is 5.79. The fourth-order valence-electron chi connectivity index (χ4n) is 1.59. The summed E-state index contributed by atoms with van der Waals surface area (Å²) in [6.07, 6.45) is 0. The van der Waals surface area contributed by atoms with Gasteiger partial charge in [-0.05, 0) is 24.3 Å². The summed E-state index contributed by atoms with van der Waals surface area (Å²) in [5.74, 6) is -0.358. The Morgan fingerprint density at radius 2 is 1.53 bits per heavy atom. The zero-order valence-corrected chi connectivity index (χ0v) is 11.7. The normalized spacial score (nSPS) is 9.95. The molecule has 1 amide bonds. The fraction of sp³-hybridized carbons (Fsp3) is 0.0667. The molecule has 1 N–H and O–H groups in total. The van der Waals surface area contributed by atoms with Crippen molar-refractivity contribution >= 4 is 27.6 Å². The Labute approximate surface area is 119 Å². The minimum absolute atomic E-state index is 0.00460. The highest BCUT2D eigenvalue weighted by Gasteiger charge is 2.09. The molecule has 0 aromatic heterocycles. The number of Topliss-reactive ketones (excluding diaryl/α,β-unsaturated/α-hetero) is 1. The number of carbonyl (C=O) groups is 2. The lowest BCUT2D eigenvalue weighted by Gasteiger charge is -2.04. The van der Waals surface area contributed by atoms with E-state index in [1.54, 1.807) is 48.5 Å². The van der Waals surface area contributed by atoms with Gasteiger partial charge in [0.1, 0.15) is 0 Å². The highest BCUT2D eigenvalue weighted by Crippen LogP contribution is 2.10. The second-order valence-corrected chi connectivity index (χ2v) is 4.89. The molecule has 96 valence electrons. The summed E-state index contributed by atoms with van der Waals surface area (Å²) in [6, 6.07) is 15.9. The van der Waals surface area contributed by atoms with Crippen molar-refractivity contribution in [3.05, 3.63) is 70.2 Å². The lowest BCUT2D eigenvalue weighted by Crippen LogP contribution is -2.29. The molecule has 0 radical (unpaired) electrons. The van der Waals surface area contributed by atoms with E-state index < -0.39 is 0 Å². The van der Waals surface area contributed by atoms with Gasteiger partial charge < -0.3 is 5.32 Å². The molecule has 0 aliphatic carbocycles. The monoisotopic (exact) mass is 317 g/mol. The van der Waals surface area contributed by atoms with Gasteiger partial charge in [0, 0.05) is 15.6 Å². The molecule has 19 heavy (non-hydrogen) atoms. The molecule has 0 bridgehead atoms. The summed E-state index contributed by atoms with van der Waals surface area (Å²) < 4.78 is 0.914. The summed E-state index contributed by atoms with van der Waals surface area (Å²) in [6.45, 7) is -0.00460. The van der Waals surface area contributed by atoms with Crippen LogP contribution in [-0.2, 0) is 0 Å². The zero-order valence-electron chi connectivity index (χ0n) is 10.1. The van der Waals surface area contributed by atoms with E-state index in [4.69, 9.17) is 0 Å². The number of benzene rings is 2. The van der Waals surface area contributed by atoms with E-state index in [0.29, 0.717) is 11.1 Å². The van der Waals surface area contributed by atoms with Crippen molar-refractivity contribution in [1.29, 1.82) is 0 Å². The van der Waals surface area contributed by atoms with Gasteiger partial charge in [-0.2, -0.15) is 0 Å². The molecule has 2 rings (SSSR count). The molecule has 0 saturated carbocycles. The van der Waals surface area contributed by atoms with E-state index in [1.807, 2.05) is 6.07 Å². The van der Waals surface area contributed by atoms with Crippen LogP contribution in [0.4, 0.5) is 0 Å². The molecule has 0 saturated heterocycles. The van der Waals surface area contributed by atoms with Gasteiger partial charge in [-0.1, -0.05) is 46.3 Å². The van der Waals surface area contributed by atoms with Gasteiger partial charge in [0.25, 0.3) is 5.91 Å². The summed E-state index contributed by atoms with van der Waals surface area (Å²) in [7, 11) is 0. The first-order valence-corrected chi connectivity index (χ1v) is 6.58. The Kier molecular flexibility index (Phi) is 4.47. The maximum atomic E-state index is 11.9. The van der Waals surface area contributed by atoms with Gasteiger partial charge in [0.05, 0.1) is 6.54 Å². The molecule has 0 spiro atoms. The Hall–Kier alpha value is -1.94. The van der Waals surface area contributed by atoms with Crippen LogP contribution in [0.15, 0.2) is 59.1 Å². The molecule has 0 aliphatic rings. The molecule has 4 heteroatoms. The summed E-state index contributed by atoms with van der Waals surface area (Å²) in [5, 5.41) is 2.61. The number of carbonyl (C=O) groups excluding carboxylic acids is 2. The first-order chi connectivity index (χ1) is 9.16. The quantitative estimate of drug-likeness (QED) is 0.881. The first kappa shape index (κ1) is 13.5. The van der Waals surface area contributed by atoms with Gasteiger partial charge in [0.15, 0.2) is 5.78 Å². The van der Waals surface area contributed by atoms with Crippen molar-refractivity contribution in [1.82, 2.24) is 5.32 Å². The second kappa shape index (κ2) is 6.29. The van der Waals surface area contributed by atoms with Crippen molar-refractivity contribution in [2.24, 2.45) is 0 Å². The molecular weight excluding hydrogens is 306 g/mol. The van der Waals surface area contributed by atoms with Gasteiger partial charge in [0.2, 0.25) is 0 Å². The van der Waals surface area contributed by atoms with Crippen LogP contribution in [-0.4, -0.2) is 18.2 Å². The van der Waals surface area contributed by atoms with Crippen LogP contribution in [0.1, 0.15) is 20.7 Å². The topological polar surface area (TPSA) is 46.2 Å². The van der Waals surface area contributed by atoms with E-state index >= 15 is 0 Å². The second-order valence-electron chi connectivity index (χ2n) is 3.98. The Balaban J connectivity index is 1.94. The molecule has 2 aromatic rings. The summed E-state index contributed by atoms with van der Waals surface area (Å²) in [5.41, 5.74) is 1.13. The largest absolute Gasteiger partial charge is 0.345 e. The number of nitrogens with one attached hydrogen (secondary N) is 1. The number of hydrogen-bond donors (Lipinski definition) is 1. The molecule has 0 atom stereocenters. The number of rotatable bonds is 4. The molecule has 3 nitrogen and oxygen atoms in total. The van der Waals surface area contributed by atoms with Gasteiger partial charge in [-0.25, -0.2) is 0 Å². The maximum absolute atomic E-state index is 11.9. The van der Waals surface area contributed by atoms with Gasteiger partial charge >= 0.3 is 0 Å². The van der Waals surface area contributed by atoms with Crippen molar-refractivity contribution in [3.8, 4) is 0 Å². The lowest BCUT2D eigenvalue weighted by atomic mass is 10.1. The fourth-order valence-corrected chi connectivity index (χ4v) is 1.85. The van der Waals surface area contributed by atoms with Crippen molar-refractivity contribution in [2.75, 3.05) is 6.54 Å². The molecule has 0 heterocycles. The molecule has 2 aromatic carbocycles. The van der Waals surface area contributed by atoms with Crippen LogP contribution in [0.5, 0.6) is 0 Å². The Morgan fingerprint density at radius 3 is 2.16 bits per heavy atom. The van der Waals surface area contributed by atoms with Crippen LogP contribution in [0, 0.1) is 0 Å². The highest BCUT2D eigenvalue weighted by molar-refractivity contribution is 9.10. The SMILES string of the molecule is O=C(CNC(=O)c1ccccc1)c1ccc(Br)cc1. The number of amides is 1. The number of hydrogen-bond acceptors (Lipinski definition) is 2. The smallest absolute Gasteiger partial charge is 0.251 e. The van der Waals surface area contributed by atoms with Crippen LogP contribution in [0.25, 0.3) is 0 Å².